The Balaban J connectivity index is 1.83. The minimum absolute atomic E-state index is 0.828. The van der Waals surface area contributed by atoms with E-state index in [1.807, 2.05) is 24.4 Å². The number of pyridine rings is 1. The van der Waals surface area contributed by atoms with Crippen LogP contribution in [0.1, 0.15) is 5.56 Å². The highest BCUT2D eigenvalue weighted by molar-refractivity contribution is 5.80. The Morgan fingerprint density at radius 2 is 2.11 bits per heavy atom. The number of aromatic nitrogens is 1. The first-order chi connectivity index (χ1) is 9.35. The average Bonchev–Trinajstić information content (AvgIpc) is 2.47. The van der Waals surface area contributed by atoms with Crippen molar-refractivity contribution >= 4 is 10.9 Å². The van der Waals surface area contributed by atoms with Crippen molar-refractivity contribution in [1.82, 2.24) is 9.88 Å². The molecule has 0 bridgehead atoms. The molecule has 1 aromatic heterocycles. The van der Waals surface area contributed by atoms with Gasteiger partial charge in [-0.1, -0.05) is 0 Å². The van der Waals surface area contributed by atoms with Crippen LogP contribution in [-0.4, -0.2) is 43.3 Å². The third-order valence-electron chi connectivity index (χ3n) is 3.45. The Hall–Kier alpha value is -1.65. The molecule has 0 spiro atoms. The van der Waals surface area contributed by atoms with Crippen molar-refractivity contribution in [1.29, 1.82) is 0 Å². The SMILES string of the molecule is COc1ccc2ncc(CN3CCOCC3)cc2c1. The zero-order valence-electron chi connectivity index (χ0n) is 11.1. The summed E-state index contributed by atoms with van der Waals surface area (Å²) in [6.45, 7) is 4.58. The minimum Gasteiger partial charge on any atom is -0.497 e. The lowest BCUT2D eigenvalue weighted by Gasteiger charge is -2.26. The van der Waals surface area contributed by atoms with E-state index in [0.29, 0.717) is 0 Å². The monoisotopic (exact) mass is 258 g/mol. The lowest BCUT2D eigenvalue weighted by Crippen LogP contribution is -2.35. The Bertz CT molecular complexity index is 565. The summed E-state index contributed by atoms with van der Waals surface area (Å²) in [6.07, 6.45) is 1.96. The molecule has 0 radical (unpaired) electrons. The van der Waals surface area contributed by atoms with E-state index in [0.717, 1.165) is 49.5 Å². The van der Waals surface area contributed by atoms with Crippen LogP contribution in [0.2, 0.25) is 0 Å². The van der Waals surface area contributed by atoms with Crippen LogP contribution >= 0.6 is 0 Å². The van der Waals surface area contributed by atoms with Gasteiger partial charge in [-0.3, -0.25) is 9.88 Å². The Morgan fingerprint density at radius 3 is 2.89 bits per heavy atom. The Kier molecular flexibility index (Phi) is 3.62. The van der Waals surface area contributed by atoms with Gasteiger partial charge >= 0.3 is 0 Å². The first-order valence-electron chi connectivity index (χ1n) is 6.58. The predicted octanol–water partition coefficient (Wildman–Crippen LogP) is 2.08. The number of hydrogen-bond donors (Lipinski definition) is 0. The van der Waals surface area contributed by atoms with Crippen LogP contribution in [0.4, 0.5) is 0 Å². The number of hydrogen-bond acceptors (Lipinski definition) is 4. The van der Waals surface area contributed by atoms with Gasteiger partial charge in [0.1, 0.15) is 5.75 Å². The van der Waals surface area contributed by atoms with Crippen LogP contribution < -0.4 is 4.74 Å². The number of benzene rings is 1. The second kappa shape index (κ2) is 5.55. The van der Waals surface area contributed by atoms with E-state index in [-0.39, 0.29) is 0 Å². The van der Waals surface area contributed by atoms with Gasteiger partial charge in [0.25, 0.3) is 0 Å². The highest BCUT2D eigenvalue weighted by Gasteiger charge is 2.11. The van der Waals surface area contributed by atoms with Crippen molar-refractivity contribution in [3.8, 4) is 5.75 Å². The smallest absolute Gasteiger partial charge is 0.119 e. The van der Waals surface area contributed by atoms with Gasteiger partial charge in [-0.2, -0.15) is 0 Å². The molecule has 2 heterocycles. The molecule has 100 valence electrons. The fourth-order valence-corrected chi connectivity index (χ4v) is 2.39. The molecule has 1 saturated heterocycles. The van der Waals surface area contributed by atoms with Gasteiger partial charge in [-0.25, -0.2) is 0 Å². The van der Waals surface area contributed by atoms with Crippen LogP contribution in [0, 0.1) is 0 Å². The standard InChI is InChI=1S/C15H18N2O2/c1-18-14-2-3-15-13(9-14)8-12(10-16-15)11-17-4-6-19-7-5-17/h2-3,8-10H,4-7,11H2,1H3. The summed E-state index contributed by atoms with van der Waals surface area (Å²) >= 11 is 0. The van der Waals surface area contributed by atoms with Gasteiger partial charge < -0.3 is 9.47 Å². The maximum atomic E-state index is 5.36. The summed E-state index contributed by atoms with van der Waals surface area (Å²) in [7, 11) is 1.69. The first-order valence-corrected chi connectivity index (χ1v) is 6.58. The van der Waals surface area contributed by atoms with Crippen LogP contribution in [0.3, 0.4) is 0 Å². The summed E-state index contributed by atoms with van der Waals surface area (Å²) < 4.78 is 10.6. The molecule has 1 aliphatic heterocycles. The summed E-state index contributed by atoms with van der Waals surface area (Å²) in [6, 6.07) is 8.16. The van der Waals surface area contributed by atoms with E-state index in [4.69, 9.17) is 9.47 Å². The zero-order chi connectivity index (χ0) is 13.1. The number of ether oxygens (including phenoxy) is 2. The number of rotatable bonds is 3. The molecule has 0 N–H and O–H groups in total. The lowest BCUT2D eigenvalue weighted by molar-refractivity contribution is 0.0341. The molecular formula is C15H18N2O2. The summed E-state index contributed by atoms with van der Waals surface area (Å²) in [5.74, 6) is 0.873. The summed E-state index contributed by atoms with van der Waals surface area (Å²) in [5, 5.41) is 1.13. The highest BCUT2D eigenvalue weighted by atomic mass is 16.5. The van der Waals surface area contributed by atoms with Crippen LogP contribution in [-0.2, 0) is 11.3 Å². The molecule has 3 rings (SSSR count). The predicted molar refractivity (Wildman–Crippen MR) is 74.4 cm³/mol. The van der Waals surface area contributed by atoms with E-state index in [1.165, 1.54) is 5.56 Å². The van der Waals surface area contributed by atoms with E-state index in [2.05, 4.69) is 16.0 Å². The summed E-state index contributed by atoms with van der Waals surface area (Å²) in [4.78, 5) is 6.90. The van der Waals surface area contributed by atoms with Crippen LogP contribution in [0.15, 0.2) is 30.5 Å². The van der Waals surface area contributed by atoms with E-state index < -0.39 is 0 Å². The zero-order valence-corrected chi connectivity index (χ0v) is 11.1. The van der Waals surface area contributed by atoms with E-state index in [1.54, 1.807) is 7.11 Å². The van der Waals surface area contributed by atoms with Crippen molar-refractivity contribution < 1.29 is 9.47 Å². The highest BCUT2D eigenvalue weighted by Crippen LogP contribution is 2.20. The molecule has 0 aliphatic carbocycles. The maximum Gasteiger partial charge on any atom is 0.119 e. The Morgan fingerprint density at radius 1 is 1.26 bits per heavy atom. The van der Waals surface area contributed by atoms with Gasteiger partial charge in [0.05, 0.1) is 25.8 Å². The minimum atomic E-state index is 0.828. The van der Waals surface area contributed by atoms with Crippen molar-refractivity contribution in [2.24, 2.45) is 0 Å². The number of methoxy groups -OCH3 is 1. The number of fused-ring (bicyclic) bond motifs is 1. The Labute approximate surface area is 113 Å². The molecule has 2 aromatic rings. The van der Waals surface area contributed by atoms with E-state index in [9.17, 15) is 0 Å². The number of nitrogens with zero attached hydrogens (tertiary/aromatic N) is 2. The molecule has 4 nitrogen and oxygen atoms in total. The van der Waals surface area contributed by atoms with E-state index >= 15 is 0 Å². The average molecular weight is 258 g/mol. The molecule has 0 amide bonds. The molecule has 0 atom stereocenters. The fourth-order valence-electron chi connectivity index (χ4n) is 2.39. The van der Waals surface area contributed by atoms with Gasteiger partial charge in [0.2, 0.25) is 0 Å². The summed E-state index contributed by atoms with van der Waals surface area (Å²) in [5.41, 5.74) is 2.24. The van der Waals surface area contributed by atoms with Crippen LogP contribution in [0.5, 0.6) is 5.75 Å². The van der Waals surface area contributed by atoms with Crippen molar-refractivity contribution in [2.45, 2.75) is 6.54 Å². The molecule has 4 heteroatoms. The van der Waals surface area contributed by atoms with Crippen LogP contribution in [0.25, 0.3) is 10.9 Å². The van der Waals surface area contributed by atoms with Gasteiger partial charge in [0, 0.05) is 31.2 Å². The van der Waals surface area contributed by atoms with Gasteiger partial charge in [0.15, 0.2) is 0 Å². The second-order valence-electron chi connectivity index (χ2n) is 4.79. The third kappa shape index (κ3) is 2.85. The molecule has 0 unspecified atom stereocenters. The molecule has 1 fully saturated rings. The fraction of sp³-hybridized carbons (Fsp3) is 0.400. The largest absolute Gasteiger partial charge is 0.497 e. The van der Waals surface area contributed by atoms with Crippen molar-refractivity contribution in [2.75, 3.05) is 33.4 Å². The van der Waals surface area contributed by atoms with Crippen molar-refractivity contribution in [3.63, 3.8) is 0 Å². The normalized spacial score (nSPS) is 16.7. The lowest BCUT2D eigenvalue weighted by atomic mass is 10.1. The molecule has 1 aromatic carbocycles. The van der Waals surface area contributed by atoms with Crippen molar-refractivity contribution in [3.05, 3.63) is 36.0 Å². The topological polar surface area (TPSA) is 34.6 Å². The molecule has 19 heavy (non-hydrogen) atoms. The first kappa shape index (κ1) is 12.4. The molecule has 1 aliphatic rings. The third-order valence-corrected chi connectivity index (χ3v) is 3.45. The quantitative estimate of drug-likeness (QED) is 0.844. The van der Waals surface area contributed by atoms with Gasteiger partial charge in [-0.05, 0) is 29.8 Å². The second-order valence-corrected chi connectivity index (χ2v) is 4.79. The maximum absolute atomic E-state index is 5.36. The number of morpholine rings is 1. The molecule has 0 saturated carbocycles. The van der Waals surface area contributed by atoms with Gasteiger partial charge in [-0.15, -0.1) is 0 Å². The molecular weight excluding hydrogens is 240 g/mol.